The van der Waals surface area contributed by atoms with Crippen LogP contribution in [0.4, 0.5) is 23.2 Å². The Hall–Kier alpha value is -2.25. The molecule has 0 atom stereocenters. The molecule has 1 saturated heterocycles. The van der Waals surface area contributed by atoms with Crippen LogP contribution in [0.15, 0.2) is 12.1 Å². The number of hydrogen-bond donors (Lipinski definition) is 2. The number of thiazole rings is 1. The van der Waals surface area contributed by atoms with E-state index in [4.69, 9.17) is 4.74 Å². The third kappa shape index (κ3) is 7.14. The van der Waals surface area contributed by atoms with Crippen LogP contribution in [-0.2, 0) is 27.4 Å². The zero-order chi connectivity index (χ0) is 29.3. The molecule has 1 aliphatic heterocycles. The molecule has 2 aromatic rings. The van der Waals surface area contributed by atoms with Crippen LogP contribution in [0.1, 0.15) is 86.8 Å². The van der Waals surface area contributed by atoms with Crippen molar-refractivity contribution in [1.29, 1.82) is 0 Å². The quantitative estimate of drug-likeness (QED) is 0.350. The smallest absolute Gasteiger partial charge is 0.381 e. The molecule has 1 amide bonds. The maximum Gasteiger partial charge on any atom is 0.418 e. The average molecular weight is 606 g/mol. The summed E-state index contributed by atoms with van der Waals surface area (Å²) < 4.78 is 88.8. The second-order valence-electron chi connectivity index (χ2n) is 11.5. The van der Waals surface area contributed by atoms with Crippen LogP contribution in [0.2, 0.25) is 0 Å². The van der Waals surface area contributed by atoms with E-state index in [2.05, 4.69) is 10.3 Å². The maximum absolute atomic E-state index is 15.4. The monoisotopic (exact) mass is 605 g/mol. The fourth-order valence-electron chi connectivity index (χ4n) is 4.92. The summed E-state index contributed by atoms with van der Waals surface area (Å²) in [6.07, 6.45) is 1.77. The number of halogens is 4. The number of rotatable bonds is 7. The molecule has 4 rings (SSSR count). The third-order valence-electron chi connectivity index (χ3n) is 7.36. The molecular formula is C27H35F4N3O4S2. The van der Waals surface area contributed by atoms with Gasteiger partial charge in [0, 0.05) is 19.3 Å². The highest BCUT2D eigenvalue weighted by Crippen LogP contribution is 2.43. The number of nitrogens with zero attached hydrogens (tertiary/aromatic N) is 1. The van der Waals surface area contributed by atoms with Crippen molar-refractivity contribution in [2.75, 3.05) is 17.9 Å². The van der Waals surface area contributed by atoms with Crippen LogP contribution in [0, 0.1) is 11.7 Å². The van der Waals surface area contributed by atoms with Crippen molar-refractivity contribution in [1.82, 2.24) is 10.3 Å². The summed E-state index contributed by atoms with van der Waals surface area (Å²) in [5.41, 5.74) is -2.25. The molecule has 0 unspecified atom stereocenters. The SMILES string of the molecule is CC(C)(C)S(=O)(=O)Nc1c(F)cc(-c2sc(C(=O)NC3CCOCC3)nc2CC2CCCCC2)cc1C(F)(F)F. The first-order valence-electron chi connectivity index (χ1n) is 13.5. The molecule has 2 N–H and O–H groups in total. The van der Waals surface area contributed by atoms with Crippen LogP contribution >= 0.6 is 11.3 Å². The summed E-state index contributed by atoms with van der Waals surface area (Å²) in [5.74, 6) is -1.53. The van der Waals surface area contributed by atoms with Crippen LogP contribution in [0.25, 0.3) is 10.4 Å². The number of carbonyl (C=O) groups excluding carboxylic acids is 1. The van der Waals surface area contributed by atoms with Crippen molar-refractivity contribution in [3.05, 3.63) is 34.2 Å². The Balaban J connectivity index is 1.76. The van der Waals surface area contributed by atoms with Gasteiger partial charge in [0.05, 0.1) is 26.6 Å². The van der Waals surface area contributed by atoms with E-state index in [1.54, 1.807) is 0 Å². The Kier molecular flexibility index (Phi) is 9.16. The predicted molar refractivity (Wildman–Crippen MR) is 146 cm³/mol. The second-order valence-corrected chi connectivity index (χ2v) is 14.9. The Labute approximate surface area is 236 Å². The molecule has 222 valence electrons. The second kappa shape index (κ2) is 11.9. The highest BCUT2D eigenvalue weighted by molar-refractivity contribution is 7.94. The van der Waals surface area contributed by atoms with Gasteiger partial charge >= 0.3 is 6.18 Å². The number of amides is 1. The third-order valence-corrected chi connectivity index (χ3v) is 10.6. The lowest BCUT2D eigenvalue weighted by Crippen LogP contribution is -2.38. The number of aromatic nitrogens is 1. The zero-order valence-electron chi connectivity index (χ0n) is 22.8. The van der Waals surface area contributed by atoms with Crippen molar-refractivity contribution in [2.45, 2.75) is 89.1 Å². The number of sulfonamides is 1. The largest absolute Gasteiger partial charge is 0.418 e. The van der Waals surface area contributed by atoms with E-state index in [0.717, 1.165) is 55.6 Å². The van der Waals surface area contributed by atoms with Gasteiger partial charge in [-0.2, -0.15) is 13.2 Å². The molecule has 1 aliphatic carbocycles. The van der Waals surface area contributed by atoms with Crippen LogP contribution < -0.4 is 10.0 Å². The van der Waals surface area contributed by atoms with E-state index in [9.17, 15) is 26.4 Å². The van der Waals surface area contributed by atoms with Gasteiger partial charge in [0.25, 0.3) is 5.91 Å². The van der Waals surface area contributed by atoms with Gasteiger partial charge in [-0.3, -0.25) is 9.52 Å². The van der Waals surface area contributed by atoms with E-state index in [1.165, 1.54) is 20.8 Å². The van der Waals surface area contributed by atoms with Gasteiger partial charge < -0.3 is 10.1 Å². The van der Waals surface area contributed by atoms with Gasteiger partial charge in [-0.25, -0.2) is 17.8 Å². The lowest BCUT2D eigenvalue weighted by molar-refractivity contribution is -0.137. The molecule has 1 aromatic carbocycles. The zero-order valence-corrected chi connectivity index (χ0v) is 24.4. The van der Waals surface area contributed by atoms with Gasteiger partial charge in [-0.15, -0.1) is 11.3 Å². The van der Waals surface area contributed by atoms with Crippen molar-refractivity contribution >= 4 is 33.0 Å². The molecule has 1 aromatic heterocycles. The topological polar surface area (TPSA) is 97.4 Å². The van der Waals surface area contributed by atoms with Gasteiger partial charge in [0.15, 0.2) is 5.01 Å². The molecule has 7 nitrogen and oxygen atoms in total. The minimum Gasteiger partial charge on any atom is -0.381 e. The molecule has 0 radical (unpaired) electrons. The number of hydrogen-bond acceptors (Lipinski definition) is 6. The van der Waals surface area contributed by atoms with Crippen molar-refractivity contribution in [3.8, 4) is 10.4 Å². The number of benzene rings is 1. The standard InChI is InChI=1S/C27H35F4N3O4S2/c1-26(2,3)40(36,37)34-22-19(27(29,30)31)14-17(15-20(22)28)23-21(13-16-7-5-4-6-8-16)33-25(39-23)24(35)32-18-9-11-38-12-10-18/h14-16,18,34H,4-13H2,1-3H3,(H,32,35). The molecule has 2 fully saturated rings. The summed E-state index contributed by atoms with van der Waals surface area (Å²) in [7, 11) is -4.34. The van der Waals surface area contributed by atoms with Gasteiger partial charge in [-0.1, -0.05) is 32.1 Å². The minimum absolute atomic E-state index is 0.0961. The number of nitrogens with one attached hydrogen (secondary N) is 2. The first kappa shape index (κ1) is 30.7. The van der Waals surface area contributed by atoms with E-state index in [1.807, 2.05) is 4.72 Å². The summed E-state index contributed by atoms with van der Waals surface area (Å²) >= 11 is 0.922. The summed E-state index contributed by atoms with van der Waals surface area (Å²) in [6, 6.07) is 1.52. The fourth-order valence-corrected chi connectivity index (χ4v) is 6.68. The first-order chi connectivity index (χ1) is 18.7. The fraction of sp³-hybridized carbons (Fsp3) is 0.630. The van der Waals surface area contributed by atoms with Gasteiger partial charge in [0.1, 0.15) is 5.82 Å². The summed E-state index contributed by atoms with van der Waals surface area (Å²) in [6.45, 7) is 4.95. The van der Waals surface area contributed by atoms with E-state index in [0.29, 0.717) is 38.2 Å². The summed E-state index contributed by atoms with van der Waals surface area (Å²) in [5, 5.41) is 3.02. The van der Waals surface area contributed by atoms with Crippen molar-refractivity contribution in [2.24, 2.45) is 5.92 Å². The number of carbonyl (C=O) groups is 1. The first-order valence-corrected chi connectivity index (χ1v) is 15.8. The number of alkyl halides is 3. The minimum atomic E-state index is -5.05. The van der Waals surface area contributed by atoms with Crippen LogP contribution in [0.3, 0.4) is 0 Å². The van der Waals surface area contributed by atoms with Crippen LogP contribution in [-0.4, -0.2) is 43.3 Å². The number of ether oxygens (including phenoxy) is 1. The summed E-state index contributed by atoms with van der Waals surface area (Å²) in [4.78, 5) is 17.9. The normalized spacial score (nSPS) is 18.1. The van der Waals surface area contributed by atoms with Crippen molar-refractivity contribution < 1.29 is 35.5 Å². The molecule has 0 bridgehead atoms. The van der Waals surface area contributed by atoms with E-state index >= 15 is 4.39 Å². The number of anilines is 1. The highest BCUT2D eigenvalue weighted by atomic mass is 32.2. The molecular weight excluding hydrogens is 570 g/mol. The average Bonchev–Trinajstić information content (AvgIpc) is 3.29. The molecule has 2 aliphatic rings. The maximum atomic E-state index is 15.4. The predicted octanol–water partition coefficient (Wildman–Crippen LogP) is 6.54. The Morgan fingerprint density at radius 2 is 1.73 bits per heavy atom. The van der Waals surface area contributed by atoms with Crippen molar-refractivity contribution in [3.63, 3.8) is 0 Å². The van der Waals surface area contributed by atoms with Gasteiger partial charge in [-0.05, 0) is 63.6 Å². The van der Waals surface area contributed by atoms with Gasteiger partial charge in [0.2, 0.25) is 10.0 Å². The highest BCUT2D eigenvalue weighted by Gasteiger charge is 2.39. The van der Waals surface area contributed by atoms with Crippen LogP contribution in [0.5, 0.6) is 0 Å². The Bertz CT molecular complexity index is 1320. The Morgan fingerprint density at radius 1 is 1.07 bits per heavy atom. The molecule has 2 heterocycles. The lowest BCUT2D eigenvalue weighted by atomic mass is 9.85. The molecule has 13 heteroatoms. The van der Waals surface area contributed by atoms with E-state index in [-0.39, 0.29) is 27.4 Å². The molecule has 40 heavy (non-hydrogen) atoms. The Morgan fingerprint density at radius 3 is 2.33 bits per heavy atom. The van der Waals surface area contributed by atoms with E-state index < -0.39 is 43.9 Å². The lowest BCUT2D eigenvalue weighted by Gasteiger charge is -2.23. The molecule has 0 spiro atoms. The molecule has 1 saturated carbocycles.